The molecule has 0 aliphatic rings. The van der Waals surface area contributed by atoms with Gasteiger partial charge in [0.2, 0.25) is 0 Å². The van der Waals surface area contributed by atoms with E-state index in [1.54, 1.807) is 0 Å². The quantitative estimate of drug-likeness (QED) is 0.232. The maximum Gasteiger partial charge on any atom is 0.0478 e. The zero-order valence-electron chi connectivity index (χ0n) is 13.5. The summed E-state index contributed by atoms with van der Waals surface area (Å²) in [7, 11) is 0. The Bertz CT molecular complexity index is 1230. The van der Waals surface area contributed by atoms with E-state index >= 15 is 0 Å². The van der Waals surface area contributed by atoms with E-state index in [1.165, 1.54) is 37.9 Å². The first-order chi connectivity index (χ1) is 12.3. The average molecular weight is 339 g/mol. The van der Waals surface area contributed by atoms with Crippen molar-refractivity contribution in [2.75, 3.05) is 0 Å². The Morgan fingerprint density at radius 2 is 1.16 bits per heavy atom. The summed E-state index contributed by atoms with van der Waals surface area (Å²) >= 11 is 6.28. The summed E-state index contributed by atoms with van der Waals surface area (Å²) in [6, 6.07) is 27.7. The smallest absolute Gasteiger partial charge is 0.0478 e. The van der Waals surface area contributed by atoms with Crippen molar-refractivity contribution in [3.63, 3.8) is 0 Å². The lowest BCUT2D eigenvalue weighted by atomic mass is 9.92. The van der Waals surface area contributed by atoms with Gasteiger partial charge < -0.3 is 0 Å². The largest absolute Gasteiger partial charge is 0.0837 e. The molecule has 0 atom stereocenters. The van der Waals surface area contributed by atoms with E-state index < -0.39 is 0 Å². The van der Waals surface area contributed by atoms with Crippen LogP contribution in [0.2, 0.25) is 5.02 Å². The molecule has 0 heterocycles. The van der Waals surface area contributed by atoms with Gasteiger partial charge in [-0.1, -0.05) is 96.5 Å². The molecule has 0 saturated carbocycles. The minimum Gasteiger partial charge on any atom is -0.0837 e. The second-order valence-electron chi connectivity index (χ2n) is 6.37. The van der Waals surface area contributed by atoms with Crippen molar-refractivity contribution < 1.29 is 0 Å². The first kappa shape index (κ1) is 14.5. The zero-order valence-corrected chi connectivity index (χ0v) is 14.3. The summed E-state index contributed by atoms with van der Waals surface area (Å²) in [4.78, 5) is 0. The highest BCUT2D eigenvalue weighted by Crippen LogP contribution is 2.36. The monoisotopic (exact) mass is 338 g/mol. The number of rotatable bonds is 2. The molecule has 0 amide bonds. The van der Waals surface area contributed by atoms with E-state index in [9.17, 15) is 0 Å². The van der Waals surface area contributed by atoms with Gasteiger partial charge in [-0.15, -0.1) is 0 Å². The van der Waals surface area contributed by atoms with Crippen LogP contribution < -0.4 is 0 Å². The van der Waals surface area contributed by atoms with Crippen LogP contribution in [-0.2, 0) is 0 Å². The summed E-state index contributed by atoms with van der Waals surface area (Å²) in [5.41, 5.74) is 2.25. The van der Waals surface area contributed by atoms with Gasteiger partial charge in [0.25, 0.3) is 0 Å². The number of hydrogen-bond acceptors (Lipinski definition) is 0. The van der Waals surface area contributed by atoms with Gasteiger partial charge in [0, 0.05) is 5.02 Å². The van der Waals surface area contributed by atoms with Crippen molar-refractivity contribution in [2.45, 2.75) is 0 Å². The fourth-order valence-electron chi connectivity index (χ4n) is 3.69. The first-order valence-electron chi connectivity index (χ1n) is 8.40. The highest BCUT2D eigenvalue weighted by Gasteiger charge is 2.09. The Hall–Kier alpha value is -2.83. The standard InChI is InChI=1S/C24H15Cl/c25-22-7-2-1-4-17(22)10-8-16-9-11-20-13-12-18-5-3-6-19-14-15-21(16)24(20)23(18)19/h1-15H. The maximum absolute atomic E-state index is 6.28. The molecule has 118 valence electrons. The normalized spacial score (nSPS) is 12.0. The summed E-state index contributed by atoms with van der Waals surface area (Å²) in [6.45, 7) is 0. The van der Waals surface area contributed by atoms with Crippen LogP contribution in [0.25, 0.3) is 44.5 Å². The van der Waals surface area contributed by atoms with Gasteiger partial charge in [-0.3, -0.25) is 0 Å². The van der Waals surface area contributed by atoms with Gasteiger partial charge in [0.1, 0.15) is 0 Å². The Labute approximate surface area is 151 Å². The average Bonchev–Trinajstić information content (AvgIpc) is 2.66. The van der Waals surface area contributed by atoms with Gasteiger partial charge in [-0.25, -0.2) is 0 Å². The van der Waals surface area contributed by atoms with E-state index in [2.05, 4.69) is 66.7 Å². The zero-order chi connectivity index (χ0) is 16.8. The predicted octanol–water partition coefficient (Wildman–Crippen LogP) is 7.41. The minimum absolute atomic E-state index is 0.775. The number of halogens is 1. The SMILES string of the molecule is Clc1ccccc1C=Cc1ccc2ccc3cccc4ccc1c2c34. The van der Waals surface area contributed by atoms with E-state index in [4.69, 9.17) is 11.6 Å². The van der Waals surface area contributed by atoms with Crippen LogP contribution in [0.3, 0.4) is 0 Å². The Kier molecular flexibility index (Phi) is 3.26. The molecule has 25 heavy (non-hydrogen) atoms. The third-order valence-electron chi connectivity index (χ3n) is 4.91. The van der Waals surface area contributed by atoms with Gasteiger partial charge in [0.15, 0.2) is 0 Å². The topological polar surface area (TPSA) is 0 Å². The molecule has 0 fully saturated rings. The van der Waals surface area contributed by atoms with Crippen molar-refractivity contribution in [2.24, 2.45) is 0 Å². The van der Waals surface area contributed by atoms with Crippen LogP contribution in [0.5, 0.6) is 0 Å². The van der Waals surface area contributed by atoms with Gasteiger partial charge in [-0.2, -0.15) is 0 Å². The molecule has 0 radical (unpaired) electrons. The number of benzene rings is 5. The fourth-order valence-corrected chi connectivity index (χ4v) is 3.89. The third kappa shape index (κ3) is 2.30. The van der Waals surface area contributed by atoms with Gasteiger partial charge >= 0.3 is 0 Å². The molecule has 0 aliphatic heterocycles. The van der Waals surface area contributed by atoms with Crippen LogP contribution >= 0.6 is 11.6 Å². The van der Waals surface area contributed by atoms with E-state index in [-0.39, 0.29) is 0 Å². The molecule has 5 aromatic carbocycles. The molecule has 1 heteroatoms. The van der Waals surface area contributed by atoms with Gasteiger partial charge in [0.05, 0.1) is 0 Å². The molecule has 0 nitrogen and oxygen atoms in total. The van der Waals surface area contributed by atoms with Crippen LogP contribution in [0.1, 0.15) is 11.1 Å². The first-order valence-corrected chi connectivity index (χ1v) is 8.78. The molecule has 0 unspecified atom stereocenters. The molecule has 0 aliphatic carbocycles. The Morgan fingerprint density at radius 1 is 0.520 bits per heavy atom. The highest BCUT2D eigenvalue weighted by molar-refractivity contribution is 6.32. The Morgan fingerprint density at radius 3 is 1.96 bits per heavy atom. The lowest BCUT2D eigenvalue weighted by molar-refractivity contribution is 1.66. The third-order valence-corrected chi connectivity index (χ3v) is 5.25. The molecule has 5 aromatic rings. The van der Waals surface area contributed by atoms with Crippen molar-refractivity contribution in [3.8, 4) is 0 Å². The van der Waals surface area contributed by atoms with Crippen molar-refractivity contribution in [1.29, 1.82) is 0 Å². The molecule has 5 rings (SSSR count). The van der Waals surface area contributed by atoms with Crippen LogP contribution in [0.15, 0.2) is 78.9 Å². The molecule has 0 bridgehead atoms. The van der Waals surface area contributed by atoms with Crippen LogP contribution in [0.4, 0.5) is 0 Å². The molecule has 0 spiro atoms. The summed E-state index contributed by atoms with van der Waals surface area (Å²) < 4.78 is 0. The number of hydrogen-bond donors (Lipinski definition) is 0. The summed E-state index contributed by atoms with van der Waals surface area (Å²) in [5, 5.41) is 8.63. The summed E-state index contributed by atoms with van der Waals surface area (Å²) in [5.74, 6) is 0. The summed E-state index contributed by atoms with van der Waals surface area (Å²) in [6.07, 6.45) is 4.25. The van der Waals surface area contributed by atoms with Crippen LogP contribution in [0, 0.1) is 0 Å². The Balaban J connectivity index is 1.78. The minimum atomic E-state index is 0.775. The molecular weight excluding hydrogens is 324 g/mol. The lowest BCUT2D eigenvalue weighted by Crippen LogP contribution is -1.86. The van der Waals surface area contributed by atoms with E-state index in [0.717, 1.165) is 10.6 Å². The van der Waals surface area contributed by atoms with Crippen molar-refractivity contribution >= 4 is 56.1 Å². The second kappa shape index (κ2) is 5.61. The second-order valence-corrected chi connectivity index (χ2v) is 6.77. The molecular formula is C24H15Cl. The molecule has 0 N–H and O–H groups in total. The highest BCUT2D eigenvalue weighted by atomic mass is 35.5. The van der Waals surface area contributed by atoms with E-state index in [1.807, 2.05) is 24.3 Å². The van der Waals surface area contributed by atoms with Crippen LogP contribution in [-0.4, -0.2) is 0 Å². The van der Waals surface area contributed by atoms with Gasteiger partial charge in [-0.05, 0) is 49.5 Å². The lowest BCUT2D eigenvalue weighted by Gasteiger charge is -2.12. The maximum atomic E-state index is 6.28. The van der Waals surface area contributed by atoms with E-state index in [0.29, 0.717) is 0 Å². The predicted molar refractivity (Wildman–Crippen MR) is 111 cm³/mol. The molecule has 0 aromatic heterocycles. The fraction of sp³-hybridized carbons (Fsp3) is 0. The van der Waals surface area contributed by atoms with Crippen molar-refractivity contribution in [3.05, 3.63) is 95.0 Å². The van der Waals surface area contributed by atoms with Crippen molar-refractivity contribution in [1.82, 2.24) is 0 Å². The molecule has 0 saturated heterocycles.